The molecule has 3 aliphatic rings. The van der Waals surface area contributed by atoms with E-state index in [4.69, 9.17) is 11.6 Å². The van der Waals surface area contributed by atoms with Crippen LogP contribution in [0.1, 0.15) is 36.8 Å². The highest BCUT2D eigenvalue weighted by Gasteiger charge is 2.48. The molecule has 21 heavy (non-hydrogen) atoms. The van der Waals surface area contributed by atoms with Crippen LogP contribution in [0.15, 0.2) is 42.0 Å². The van der Waals surface area contributed by atoms with Crippen molar-refractivity contribution in [1.29, 1.82) is 0 Å². The minimum absolute atomic E-state index is 0.575. The summed E-state index contributed by atoms with van der Waals surface area (Å²) in [5, 5.41) is 3.43. The van der Waals surface area contributed by atoms with Gasteiger partial charge in [0.2, 0.25) is 0 Å². The van der Waals surface area contributed by atoms with E-state index >= 15 is 0 Å². The van der Waals surface area contributed by atoms with Gasteiger partial charge in [-0.2, -0.15) is 0 Å². The van der Waals surface area contributed by atoms with Crippen molar-refractivity contribution in [2.75, 3.05) is 0 Å². The molecule has 1 heteroatoms. The molecule has 3 aliphatic carbocycles. The van der Waals surface area contributed by atoms with Gasteiger partial charge in [0.05, 0.1) is 0 Å². The minimum atomic E-state index is 0.575. The number of allylic oxidation sites excluding steroid dienone is 2. The summed E-state index contributed by atoms with van der Waals surface area (Å²) < 4.78 is 0. The van der Waals surface area contributed by atoms with Crippen LogP contribution in [0.3, 0.4) is 0 Å². The van der Waals surface area contributed by atoms with Crippen LogP contribution in [0.4, 0.5) is 0 Å². The fraction of sp³-hybridized carbons (Fsp3) is 0.400. The maximum Gasteiger partial charge on any atom is 0.0484 e. The van der Waals surface area contributed by atoms with E-state index < -0.39 is 0 Å². The van der Waals surface area contributed by atoms with Gasteiger partial charge in [-0.3, -0.25) is 0 Å². The van der Waals surface area contributed by atoms with Gasteiger partial charge in [-0.05, 0) is 78.5 Å². The highest BCUT2D eigenvalue weighted by Crippen LogP contribution is 2.58. The van der Waals surface area contributed by atoms with Crippen molar-refractivity contribution in [3.05, 3.63) is 58.1 Å². The van der Waals surface area contributed by atoms with Crippen LogP contribution in [0.5, 0.6) is 0 Å². The average molecular weight is 295 g/mol. The third-order valence-corrected chi connectivity index (χ3v) is 6.56. The molecule has 0 aliphatic heterocycles. The fourth-order valence-corrected chi connectivity index (χ4v) is 5.36. The van der Waals surface area contributed by atoms with Crippen LogP contribution in [0.25, 0.3) is 10.8 Å². The van der Waals surface area contributed by atoms with E-state index in [1.165, 1.54) is 49.3 Å². The second-order valence-electron chi connectivity index (χ2n) is 7.30. The molecule has 0 radical (unpaired) electrons. The molecule has 2 atom stereocenters. The molecule has 2 bridgehead atoms. The monoisotopic (exact) mass is 294 g/mol. The smallest absolute Gasteiger partial charge is 0.0484 e. The Bertz CT molecular complexity index is 786. The van der Waals surface area contributed by atoms with Gasteiger partial charge >= 0.3 is 0 Å². The SMILES string of the molecule is Clc1cccc2cc3c(cc12)CC1(CC3)CC2=CCC1C2. The topological polar surface area (TPSA) is 0 Å². The molecule has 106 valence electrons. The molecule has 0 nitrogen and oxygen atoms in total. The predicted octanol–water partition coefficient (Wildman–Crippen LogP) is 5.71. The third kappa shape index (κ3) is 1.69. The van der Waals surface area contributed by atoms with Crippen molar-refractivity contribution in [3.8, 4) is 0 Å². The van der Waals surface area contributed by atoms with Gasteiger partial charge < -0.3 is 0 Å². The molecule has 1 spiro atoms. The summed E-state index contributed by atoms with van der Waals surface area (Å²) in [6.07, 6.45) is 10.5. The summed E-state index contributed by atoms with van der Waals surface area (Å²) in [6, 6.07) is 11.0. The summed E-state index contributed by atoms with van der Waals surface area (Å²) in [6.45, 7) is 0. The number of halogens is 1. The van der Waals surface area contributed by atoms with Crippen LogP contribution in [0.2, 0.25) is 5.02 Å². The second kappa shape index (κ2) is 4.14. The van der Waals surface area contributed by atoms with E-state index in [0.29, 0.717) is 5.41 Å². The van der Waals surface area contributed by atoms with Crippen molar-refractivity contribution in [1.82, 2.24) is 0 Å². The van der Waals surface area contributed by atoms with Crippen molar-refractivity contribution in [2.45, 2.75) is 38.5 Å². The lowest BCUT2D eigenvalue weighted by Gasteiger charge is -2.40. The van der Waals surface area contributed by atoms with E-state index in [1.54, 1.807) is 16.7 Å². The lowest BCUT2D eigenvalue weighted by molar-refractivity contribution is 0.169. The van der Waals surface area contributed by atoms with E-state index in [9.17, 15) is 0 Å². The maximum atomic E-state index is 6.40. The van der Waals surface area contributed by atoms with Gasteiger partial charge in [0.15, 0.2) is 0 Å². The number of hydrogen-bond donors (Lipinski definition) is 0. The predicted molar refractivity (Wildman–Crippen MR) is 88.8 cm³/mol. The maximum absolute atomic E-state index is 6.40. The van der Waals surface area contributed by atoms with Crippen LogP contribution in [-0.4, -0.2) is 0 Å². The quantitative estimate of drug-likeness (QED) is 0.546. The molecule has 1 saturated carbocycles. The van der Waals surface area contributed by atoms with Crippen LogP contribution in [0, 0.1) is 11.3 Å². The molecule has 0 heterocycles. The zero-order chi connectivity index (χ0) is 14.0. The molecular weight excluding hydrogens is 276 g/mol. The first-order valence-corrected chi connectivity index (χ1v) is 8.49. The Balaban J connectivity index is 1.63. The summed E-state index contributed by atoms with van der Waals surface area (Å²) in [5.74, 6) is 0.919. The molecule has 0 aromatic heterocycles. The van der Waals surface area contributed by atoms with Crippen LogP contribution in [-0.2, 0) is 12.8 Å². The molecule has 1 fully saturated rings. The standard InChI is InChI=1S/C20H19Cl/c21-19-3-1-2-15-9-14-6-7-20(12-16(14)10-18(15)19)11-13-4-5-17(20)8-13/h1-4,9-10,17H,5-8,11-12H2. The Hall–Kier alpha value is -1.27. The van der Waals surface area contributed by atoms with E-state index in [0.717, 1.165) is 10.9 Å². The van der Waals surface area contributed by atoms with Gasteiger partial charge in [0, 0.05) is 10.4 Å². The Morgan fingerprint density at radius 1 is 1.10 bits per heavy atom. The first-order valence-electron chi connectivity index (χ1n) is 8.11. The summed E-state index contributed by atoms with van der Waals surface area (Å²) >= 11 is 6.40. The Morgan fingerprint density at radius 3 is 2.86 bits per heavy atom. The first-order chi connectivity index (χ1) is 10.2. The zero-order valence-corrected chi connectivity index (χ0v) is 12.9. The van der Waals surface area contributed by atoms with E-state index in [2.05, 4.69) is 30.3 Å². The van der Waals surface area contributed by atoms with Crippen LogP contribution < -0.4 is 0 Å². The highest BCUT2D eigenvalue weighted by molar-refractivity contribution is 6.35. The lowest BCUT2D eigenvalue weighted by Crippen LogP contribution is -2.33. The largest absolute Gasteiger partial charge is 0.0850 e. The second-order valence-corrected chi connectivity index (χ2v) is 7.70. The van der Waals surface area contributed by atoms with Gasteiger partial charge in [-0.25, -0.2) is 0 Å². The summed E-state index contributed by atoms with van der Waals surface area (Å²) in [5.41, 5.74) is 5.44. The molecule has 0 saturated heterocycles. The minimum Gasteiger partial charge on any atom is -0.0850 e. The van der Waals surface area contributed by atoms with Gasteiger partial charge in [0.1, 0.15) is 0 Å². The number of aryl methyl sites for hydroxylation is 1. The van der Waals surface area contributed by atoms with Crippen LogP contribution >= 0.6 is 11.6 Å². The normalized spacial score (nSPS) is 30.0. The Kier molecular flexibility index (Phi) is 2.42. The first kappa shape index (κ1) is 12.3. The van der Waals surface area contributed by atoms with E-state index in [-0.39, 0.29) is 0 Å². The van der Waals surface area contributed by atoms with Gasteiger partial charge in [0.25, 0.3) is 0 Å². The molecule has 5 rings (SSSR count). The number of fused-ring (bicyclic) bond motifs is 5. The number of hydrogen-bond acceptors (Lipinski definition) is 0. The van der Waals surface area contributed by atoms with Crippen molar-refractivity contribution in [2.24, 2.45) is 11.3 Å². The third-order valence-electron chi connectivity index (χ3n) is 6.23. The van der Waals surface area contributed by atoms with Crippen molar-refractivity contribution in [3.63, 3.8) is 0 Å². The molecule has 2 aromatic rings. The van der Waals surface area contributed by atoms with Crippen molar-refractivity contribution >= 4 is 22.4 Å². The Morgan fingerprint density at radius 2 is 2.05 bits per heavy atom. The average Bonchev–Trinajstić information content (AvgIpc) is 3.07. The molecule has 0 N–H and O–H groups in total. The molecule has 0 amide bonds. The van der Waals surface area contributed by atoms with Gasteiger partial charge in [-0.1, -0.05) is 41.4 Å². The highest BCUT2D eigenvalue weighted by atomic mass is 35.5. The molecule has 2 aromatic carbocycles. The summed E-state index contributed by atoms with van der Waals surface area (Å²) in [7, 11) is 0. The summed E-state index contributed by atoms with van der Waals surface area (Å²) in [4.78, 5) is 0. The fourth-order valence-electron chi connectivity index (χ4n) is 5.13. The lowest BCUT2D eigenvalue weighted by atomic mass is 9.64. The number of benzene rings is 2. The van der Waals surface area contributed by atoms with Gasteiger partial charge in [-0.15, -0.1) is 0 Å². The van der Waals surface area contributed by atoms with E-state index in [1.807, 2.05) is 6.07 Å². The zero-order valence-electron chi connectivity index (χ0n) is 12.2. The number of rotatable bonds is 0. The molecule has 2 unspecified atom stereocenters. The Labute approximate surface area is 130 Å². The van der Waals surface area contributed by atoms with Crippen molar-refractivity contribution < 1.29 is 0 Å². The molecular formula is C20H19Cl.